The predicted octanol–water partition coefficient (Wildman–Crippen LogP) is 3.32. The molecule has 1 heterocycles. The molecule has 0 atom stereocenters. The molecule has 0 bridgehead atoms. The number of hydrogen-bond acceptors (Lipinski definition) is 2. The first-order valence-corrected chi connectivity index (χ1v) is 9.47. The molecule has 2 aromatic carbocycles. The van der Waals surface area contributed by atoms with Crippen LogP contribution in [0.25, 0.3) is 10.9 Å². The van der Waals surface area contributed by atoms with Gasteiger partial charge in [-0.25, -0.2) is 13.1 Å². The van der Waals surface area contributed by atoms with Crippen molar-refractivity contribution >= 4 is 20.9 Å². The van der Waals surface area contributed by atoms with Crippen LogP contribution < -0.4 is 4.72 Å². The van der Waals surface area contributed by atoms with Gasteiger partial charge in [-0.3, -0.25) is 0 Å². The number of sulfonamides is 1. The Hall–Kier alpha value is -2.11. The van der Waals surface area contributed by atoms with E-state index in [1.165, 1.54) is 22.2 Å². The zero-order valence-corrected chi connectivity index (χ0v) is 15.0. The average Bonchev–Trinajstić information content (AvgIpc) is 2.80. The van der Waals surface area contributed by atoms with Crippen LogP contribution in [0.15, 0.2) is 53.4 Å². The second-order valence-corrected chi connectivity index (χ2v) is 7.87. The molecule has 0 aliphatic carbocycles. The van der Waals surface area contributed by atoms with Crippen molar-refractivity contribution in [2.45, 2.75) is 25.2 Å². The zero-order valence-electron chi connectivity index (χ0n) is 14.2. The van der Waals surface area contributed by atoms with E-state index in [1.54, 1.807) is 12.1 Å². The van der Waals surface area contributed by atoms with Crippen molar-refractivity contribution in [1.82, 2.24) is 9.29 Å². The van der Waals surface area contributed by atoms with Crippen LogP contribution in [0.4, 0.5) is 0 Å². The highest BCUT2D eigenvalue weighted by Gasteiger charge is 2.15. The quantitative estimate of drug-likeness (QED) is 0.773. The van der Waals surface area contributed by atoms with Crippen LogP contribution in [0.2, 0.25) is 0 Å². The summed E-state index contributed by atoms with van der Waals surface area (Å²) in [6, 6.07) is 15.1. The second-order valence-electron chi connectivity index (χ2n) is 6.10. The fourth-order valence-corrected chi connectivity index (χ4v) is 4.06. The second kappa shape index (κ2) is 6.42. The molecule has 3 aromatic rings. The number of rotatable bonds is 5. The fourth-order valence-electron chi connectivity index (χ4n) is 3.03. The standard InChI is InChI=1S/C19H22N2O2S/c1-14-8-10-16(11-9-14)24(22,23)20-13-12-17-15(2)21(3)19-7-5-4-6-18(17)19/h4-11,20H,12-13H2,1-3H3. The fraction of sp³-hybridized carbons (Fsp3) is 0.263. The summed E-state index contributed by atoms with van der Waals surface area (Å²) in [5.41, 5.74) is 4.58. The van der Waals surface area contributed by atoms with Gasteiger partial charge in [-0.05, 0) is 44.0 Å². The van der Waals surface area contributed by atoms with E-state index in [-0.39, 0.29) is 0 Å². The maximum Gasteiger partial charge on any atom is 0.240 e. The van der Waals surface area contributed by atoms with E-state index in [0.717, 1.165) is 5.56 Å². The maximum atomic E-state index is 12.4. The van der Waals surface area contributed by atoms with Gasteiger partial charge >= 0.3 is 0 Å². The molecule has 3 rings (SSSR count). The Bertz CT molecular complexity index is 971. The Kier molecular flexibility index (Phi) is 4.47. The summed E-state index contributed by atoms with van der Waals surface area (Å²) in [5.74, 6) is 0. The number of aromatic nitrogens is 1. The first kappa shape index (κ1) is 16.7. The SMILES string of the molecule is Cc1ccc(S(=O)(=O)NCCc2c(C)n(C)c3ccccc23)cc1. The van der Waals surface area contributed by atoms with Gasteiger partial charge in [0.25, 0.3) is 0 Å². The minimum atomic E-state index is -3.46. The molecule has 0 radical (unpaired) electrons. The maximum absolute atomic E-state index is 12.4. The normalized spacial score (nSPS) is 12.0. The summed E-state index contributed by atoms with van der Waals surface area (Å²) < 4.78 is 29.6. The van der Waals surface area contributed by atoms with Crippen molar-refractivity contribution in [2.75, 3.05) is 6.54 Å². The molecule has 0 saturated heterocycles. The molecule has 126 valence electrons. The van der Waals surface area contributed by atoms with Gasteiger partial charge < -0.3 is 4.57 Å². The van der Waals surface area contributed by atoms with E-state index >= 15 is 0 Å². The first-order chi connectivity index (χ1) is 11.4. The lowest BCUT2D eigenvalue weighted by molar-refractivity contribution is 0.581. The highest BCUT2D eigenvalue weighted by atomic mass is 32.2. The van der Waals surface area contributed by atoms with Crippen LogP contribution in [0.5, 0.6) is 0 Å². The molecule has 1 N–H and O–H groups in total. The monoisotopic (exact) mass is 342 g/mol. The Labute approximate surface area is 143 Å². The van der Waals surface area contributed by atoms with Crippen LogP contribution in [0, 0.1) is 13.8 Å². The number of para-hydroxylation sites is 1. The van der Waals surface area contributed by atoms with Crippen LogP contribution in [-0.4, -0.2) is 19.5 Å². The van der Waals surface area contributed by atoms with Gasteiger partial charge in [-0.15, -0.1) is 0 Å². The van der Waals surface area contributed by atoms with E-state index in [9.17, 15) is 8.42 Å². The molecule has 0 fully saturated rings. The van der Waals surface area contributed by atoms with Crippen molar-refractivity contribution in [3.8, 4) is 0 Å². The van der Waals surface area contributed by atoms with Crippen molar-refractivity contribution in [2.24, 2.45) is 7.05 Å². The van der Waals surface area contributed by atoms with Gasteiger partial charge in [0.05, 0.1) is 4.90 Å². The molecule has 5 heteroatoms. The Morgan fingerprint density at radius 1 is 1.00 bits per heavy atom. The number of hydrogen-bond donors (Lipinski definition) is 1. The van der Waals surface area contributed by atoms with E-state index in [0.29, 0.717) is 17.9 Å². The Morgan fingerprint density at radius 3 is 2.38 bits per heavy atom. The number of fused-ring (bicyclic) bond motifs is 1. The molecule has 4 nitrogen and oxygen atoms in total. The number of nitrogens with zero attached hydrogens (tertiary/aromatic N) is 1. The highest BCUT2D eigenvalue weighted by Crippen LogP contribution is 2.25. The summed E-state index contributed by atoms with van der Waals surface area (Å²) in [7, 11) is -1.42. The first-order valence-electron chi connectivity index (χ1n) is 7.99. The molecule has 24 heavy (non-hydrogen) atoms. The van der Waals surface area contributed by atoms with Crippen LogP contribution in [-0.2, 0) is 23.5 Å². The third kappa shape index (κ3) is 3.09. The third-order valence-corrected chi connectivity index (χ3v) is 6.01. The minimum absolute atomic E-state index is 0.308. The molecular formula is C19H22N2O2S. The van der Waals surface area contributed by atoms with Gasteiger partial charge in [0.1, 0.15) is 0 Å². The lowest BCUT2D eigenvalue weighted by Crippen LogP contribution is -2.26. The third-order valence-electron chi connectivity index (χ3n) is 4.53. The van der Waals surface area contributed by atoms with Gasteiger partial charge in [0.15, 0.2) is 0 Å². The van der Waals surface area contributed by atoms with E-state index in [4.69, 9.17) is 0 Å². The van der Waals surface area contributed by atoms with Crippen LogP contribution in [0.1, 0.15) is 16.8 Å². The van der Waals surface area contributed by atoms with E-state index in [2.05, 4.69) is 28.3 Å². The Balaban J connectivity index is 1.77. The number of aryl methyl sites for hydroxylation is 2. The van der Waals surface area contributed by atoms with Crippen LogP contribution in [0.3, 0.4) is 0 Å². The largest absolute Gasteiger partial charge is 0.348 e. The summed E-state index contributed by atoms with van der Waals surface area (Å²) in [6.07, 6.45) is 0.665. The molecule has 0 spiro atoms. The zero-order chi connectivity index (χ0) is 17.3. The lowest BCUT2D eigenvalue weighted by Gasteiger charge is -2.08. The molecule has 0 aliphatic heterocycles. The predicted molar refractivity (Wildman–Crippen MR) is 97.7 cm³/mol. The number of nitrogens with one attached hydrogen (secondary N) is 1. The van der Waals surface area contributed by atoms with Crippen molar-refractivity contribution in [1.29, 1.82) is 0 Å². The topological polar surface area (TPSA) is 51.1 Å². The number of benzene rings is 2. The summed E-state index contributed by atoms with van der Waals surface area (Å²) in [6.45, 7) is 4.39. The minimum Gasteiger partial charge on any atom is -0.348 e. The van der Waals surface area contributed by atoms with E-state index < -0.39 is 10.0 Å². The van der Waals surface area contributed by atoms with Crippen molar-refractivity contribution in [3.63, 3.8) is 0 Å². The smallest absolute Gasteiger partial charge is 0.240 e. The molecule has 0 aliphatic rings. The molecular weight excluding hydrogens is 320 g/mol. The van der Waals surface area contributed by atoms with Gasteiger partial charge in [-0.1, -0.05) is 35.9 Å². The Morgan fingerprint density at radius 2 is 1.67 bits per heavy atom. The summed E-state index contributed by atoms with van der Waals surface area (Å²) in [5, 5.41) is 1.19. The summed E-state index contributed by atoms with van der Waals surface area (Å²) >= 11 is 0. The van der Waals surface area contributed by atoms with Gasteiger partial charge in [0.2, 0.25) is 10.0 Å². The lowest BCUT2D eigenvalue weighted by atomic mass is 10.1. The molecule has 0 saturated carbocycles. The van der Waals surface area contributed by atoms with Gasteiger partial charge in [-0.2, -0.15) is 0 Å². The van der Waals surface area contributed by atoms with Crippen molar-refractivity contribution < 1.29 is 8.42 Å². The van der Waals surface area contributed by atoms with E-state index in [1.807, 2.05) is 38.2 Å². The van der Waals surface area contributed by atoms with Crippen molar-refractivity contribution in [3.05, 3.63) is 65.4 Å². The van der Waals surface area contributed by atoms with Crippen LogP contribution >= 0.6 is 0 Å². The molecule has 0 unspecified atom stereocenters. The summed E-state index contributed by atoms with van der Waals surface area (Å²) in [4.78, 5) is 0.308. The van der Waals surface area contributed by atoms with Gasteiger partial charge in [0, 0.05) is 30.2 Å². The molecule has 0 amide bonds. The average molecular weight is 342 g/mol. The molecule has 1 aromatic heterocycles. The highest BCUT2D eigenvalue weighted by molar-refractivity contribution is 7.89.